The molecule has 3 N–H and O–H groups in total. The van der Waals surface area contributed by atoms with Crippen LogP contribution in [0.1, 0.15) is 12.8 Å². The van der Waals surface area contributed by atoms with Crippen LogP contribution in [0.4, 0.5) is 0 Å². The minimum Gasteiger partial charge on any atom is -0.373 e. The first-order valence-electron chi connectivity index (χ1n) is 3.14. The molecule has 0 bridgehead atoms. The van der Waals surface area contributed by atoms with Crippen LogP contribution in [0.15, 0.2) is 4.99 Å². The lowest BCUT2D eigenvalue weighted by Gasteiger charge is -1.99. The van der Waals surface area contributed by atoms with Crippen LogP contribution in [0.5, 0.6) is 0 Å². The van der Waals surface area contributed by atoms with E-state index >= 15 is 0 Å². The third-order valence-corrected chi connectivity index (χ3v) is 1.49. The van der Waals surface area contributed by atoms with Crippen molar-refractivity contribution in [3.63, 3.8) is 0 Å². The molecule has 1 heterocycles. The smallest absolute Gasteiger partial charge is 0.141 e. The van der Waals surface area contributed by atoms with Crippen molar-refractivity contribution in [2.24, 2.45) is 10.7 Å². The molecule has 0 aromatic carbocycles. The Hall–Kier alpha value is -0.920. The monoisotopic (exact) mass is 139 g/mol. The van der Waals surface area contributed by atoms with Crippen molar-refractivity contribution in [2.45, 2.75) is 25.1 Å². The van der Waals surface area contributed by atoms with E-state index in [2.05, 4.69) is 4.99 Å². The topological polar surface area (TPSA) is 82.4 Å². The van der Waals surface area contributed by atoms with E-state index in [1.165, 1.54) is 0 Å². The summed E-state index contributed by atoms with van der Waals surface area (Å²) in [5, 5.41) is 17.2. The van der Waals surface area contributed by atoms with Gasteiger partial charge in [-0.05, 0) is 12.8 Å². The summed E-state index contributed by atoms with van der Waals surface area (Å²) in [5.74, 6) is 0. The minimum atomic E-state index is -0.974. The molecule has 1 aliphatic heterocycles. The molecule has 0 aromatic heterocycles. The molecule has 2 unspecified atom stereocenters. The highest BCUT2D eigenvalue weighted by atomic mass is 16.3. The zero-order valence-electron chi connectivity index (χ0n) is 5.49. The Kier molecular flexibility index (Phi) is 2.00. The molecule has 0 saturated heterocycles. The Bertz CT molecular complexity index is 192. The lowest BCUT2D eigenvalue weighted by molar-refractivity contribution is 0.248. The van der Waals surface area contributed by atoms with Gasteiger partial charge in [-0.1, -0.05) is 0 Å². The molecule has 0 radical (unpaired) electrons. The van der Waals surface area contributed by atoms with Crippen molar-refractivity contribution in [1.29, 1.82) is 5.26 Å². The number of hydrogen-bond donors (Lipinski definition) is 2. The first kappa shape index (κ1) is 7.19. The van der Waals surface area contributed by atoms with Gasteiger partial charge < -0.3 is 10.8 Å². The fourth-order valence-corrected chi connectivity index (χ4v) is 0.932. The van der Waals surface area contributed by atoms with Gasteiger partial charge in [0.25, 0.3) is 0 Å². The summed E-state index contributed by atoms with van der Waals surface area (Å²) in [7, 11) is 0. The number of nitriles is 1. The van der Waals surface area contributed by atoms with Gasteiger partial charge in [-0.2, -0.15) is 5.26 Å². The van der Waals surface area contributed by atoms with Crippen molar-refractivity contribution in [1.82, 2.24) is 0 Å². The second-order valence-corrected chi connectivity index (χ2v) is 2.25. The molecular formula is C6H9N3O. The van der Waals surface area contributed by atoms with Crippen molar-refractivity contribution in [3.05, 3.63) is 0 Å². The summed E-state index contributed by atoms with van der Waals surface area (Å²) in [5.41, 5.74) is 5.68. The SMILES string of the molecule is N#CC1CCC(C(N)O)=N1. The molecule has 0 amide bonds. The number of hydrogen-bond acceptors (Lipinski definition) is 4. The molecule has 10 heavy (non-hydrogen) atoms. The van der Waals surface area contributed by atoms with Gasteiger partial charge in [0.2, 0.25) is 0 Å². The Morgan fingerprint density at radius 1 is 1.90 bits per heavy atom. The van der Waals surface area contributed by atoms with Crippen molar-refractivity contribution < 1.29 is 5.11 Å². The van der Waals surface area contributed by atoms with Gasteiger partial charge in [-0.3, -0.25) is 4.99 Å². The Labute approximate surface area is 59.0 Å². The average molecular weight is 139 g/mol. The van der Waals surface area contributed by atoms with Crippen LogP contribution in [-0.4, -0.2) is 23.1 Å². The summed E-state index contributed by atoms with van der Waals surface area (Å²) < 4.78 is 0. The van der Waals surface area contributed by atoms with Crippen LogP contribution in [0.25, 0.3) is 0 Å². The largest absolute Gasteiger partial charge is 0.373 e. The Morgan fingerprint density at radius 3 is 2.90 bits per heavy atom. The van der Waals surface area contributed by atoms with Gasteiger partial charge in [-0.15, -0.1) is 0 Å². The van der Waals surface area contributed by atoms with Crippen LogP contribution in [0.2, 0.25) is 0 Å². The van der Waals surface area contributed by atoms with Gasteiger partial charge in [0.15, 0.2) is 0 Å². The van der Waals surface area contributed by atoms with E-state index in [1.807, 2.05) is 6.07 Å². The molecule has 1 aliphatic rings. The summed E-state index contributed by atoms with van der Waals surface area (Å²) in [6.45, 7) is 0. The number of nitrogens with zero attached hydrogens (tertiary/aromatic N) is 2. The maximum atomic E-state index is 8.80. The maximum absolute atomic E-state index is 8.80. The van der Waals surface area contributed by atoms with Gasteiger partial charge in [-0.25, -0.2) is 0 Å². The van der Waals surface area contributed by atoms with E-state index in [9.17, 15) is 0 Å². The second kappa shape index (κ2) is 2.78. The third-order valence-electron chi connectivity index (χ3n) is 1.49. The van der Waals surface area contributed by atoms with Crippen LogP contribution in [0, 0.1) is 11.3 Å². The number of aliphatic imine (C=N–C) groups is 1. The molecule has 0 aromatic rings. The average Bonchev–Trinajstić information content (AvgIpc) is 2.34. The fourth-order valence-electron chi connectivity index (χ4n) is 0.932. The predicted molar refractivity (Wildman–Crippen MR) is 36.3 cm³/mol. The number of nitrogens with two attached hydrogens (primary N) is 1. The van der Waals surface area contributed by atoms with E-state index in [4.69, 9.17) is 16.1 Å². The Morgan fingerprint density at radius 2 is 2.60 bits per heavy atom. The molecule has 4 nitrogen and oxygen atoms in total. The van der Waals surface area contributed by atoms with Gasteiger partial charge in [0.1, 0.15) is 12.3 Å². The molecule has 2 atom stereocenters. The predicted octanol–water partition coefficient (Wildman–Crippen LogP) is -0.610. The van der Waals surface area contributed by atoms with Crippen LogP contribution < -0.4 is 5.73 Å². The van der Waals surface area contributed by atoms with Crippen LogP contribution >= 0.6 is 0 Å². The Balaban J connectivity index is 2.59. The standard InChI is InChI=1S/C6H9N3O/c7-3-4-1-2-5(9-4)6(8)10/h4,6,10H,1-2,8H2. The highest BCUT2D eigenvalue weighted by Gasteiger charge is 2.19. The van der Waals surface area contributed by atoms with Crippen molar-refractivity contribution in [2.75, 3.05) is 0 Å². The number of aliphatic hydroxyl groups excluding tert-OH is 1. The molecule has 54 valence electrons. The van der Waals surface area contributed by atoms with Crippen molar-refractivity contribution in [3.8, 4) is 6.07 Å². The van der Waals surface area contributed by atoms with E-state index < -0.39 is 6.23 Å². The maximum Gasteiger partial charge on any atom is 0.141 e. The first-order chi connectivity index (χ1) is 4.74. The minimum absolute atomic E-state index is 0.284. The van der Waals surface area contributed by atoms with E-state index in [0.717, 1.165) is 0 Å². The normalized spacial score (nSPS) is 27.3. The molecular weight excluding hydrogens is 130 g/mol. The summed E-state index contributed by atoms with van der Waals surface area (Å²) >= 11 is 0. The lowest BCUT2D eigenvalue weighted by atomic mass is 10.2. The van der Waals surface area contributed by atoms with E-state index in [1.54, 1.807) is 0 Å². The third kappa shape index (κ3) is 1.32. The highest BCUT2D eigenvalue weighted by Crippen LogP contribution is 2.12. The van der Waals surface area contributed by atoms with Gasteiger partial charge in [0.05, 0.1) is 11.8 Å². The molecule has 0 aliphatic carbocycles. The molecule has 1 rings (SSSR count). The van der Waals surface area contributed by atoms with Crippen molar-refractivity contribution >= 4 is 5.71 Å². The number of rotatable bonds is 1. The van der Waals surface area contributed by atoms with Crippen LogP contribution in [0.3, 0.4) is 0 Å². The summed E-state index contributed by atoms with van der Waals surface area (Å²) in [4.78, 5) is 3.89. The van der Waals surface area contributed by atoms with Crippen LogP contribution in [-0.2, 0) is 0 Å². The number of aliphatic hydroxyl groups is 1. The van der Waals surface area contributed by atoms with E-state index in [-0.39, 0.29) is 6.04 Å². The first-order valence-corrected chi connectivity index (χ1v) is 3.14. The second-order valence-electron chi connectivity index (χ2n) is 2.25. The van der Waals surface area contributed by atoms with Gasteiger partial charge >= 0.3 is 0 Å². The van der Waals surface area contributed by atoms with Gasteiger partial charge in [0, 0.05) is 0 Å². The summed E-state index contributed by atoms with van der Waals surface area (Å²) in [6.07, 6.45) is 0.369. The van der Waals surface area contributed by atoms with E-state index in [0.29, 0.717) is 18.6 Å². The fraction of sp³-hybridized carbons (Fsp3) is 0.667. The quantitative estimate of drug-likeness (QED) is 0.475. The highest BCUT2D eigenvalue weighted by molar-refractivity contribution is 5.89. The molecule has 0 saturated carbocycles. The lowest BCUT2D eigenvalue weighted by Crippen LogP contribution is -2.28. The zero-order chi connectivity index (χ0) is 7.56. The molecule has 4 heteroatoms. The molecule has 0 fully saturated rings. The molecule has 0 spiro atoms. The zero-order valence-corrected chi connectivity index (χ0v) is 5.49. The summed E-state index contributed by atoms with van der Waals surface area (Å²) in [6, 6.07) is 1.71.